The molecule has 21 heavy (non-hydrogen) atoms. The number of carbonyl (C=O) groups excluding carboxylic acids is 2. The van der Waals surface area contributed by atoms with Crippen molar-refractivity contribution in [1.29, 1.82) is 0 Å². The van der Waals surface area contributed by atoms with Gasteiger partial charge in [0.05, 0.1) is 0 Å². The minimum atomic E-state index is -4.41. The van der Waals surface area contributed by atoms with Crippen LogP contribution in [0.25, 0.3) is 0 Å². The Hall–Kier alpha value is -1.47. The van der Waals surface area contributed by atoms with E-state index in [-0.39, 0.29) is 6.04 Å². The molecule has 122 valence electrons. The first-order valence-corrected chi connectivity index (χ1v) is 6.80. The van der Waals surface area contributed by atoms with Crippen LogP contribution in [0.2, 0.25) is 0 Å². The summed E-state index contributed by atoms with van der Waals surface area (Å²) >= 11 is 0. The van der Waals surface area contributed by atoms with Crippen molar-refractivity contribution in [2.45, 2.75) is 57.9 Å². The Labute approximate surface area is 121 Å². The van der Waals surface area contributed by atoms with Crippen molar-refractivity contribution < 1.29 is 27.5 Å². The molecule has 0 aromatic carbocycles. The molecule has 0 radical (unpaired) electrons. The van der Waals surface area contributed by atoms with Gasteiger partial charge in [-0.15, -0.1) is 0 Å². The van der Waals surface area contributed by atoms with Crippen molar-refractivity contribution in [2.75, 3.05) is 6.54 Å². The fourth-order valence-corrected chi connectivity index (χ4v) is 2.16. The summed E-state index contributed by atoms with van der Waals surface area (Å²) in [6, 6.07) is -0.249. The van der Waals surface area contributed by atoms with Crippen LogP contribution in [-0.2, 0) is 9.53 Å². The fraction of sp³-hybridized carbons (Fsp3) is 0.846. The van der Waals surface area contributed by atoms with Crippen LogP contribution in [0.4, 0.5) is 18.0 Å². The van der Waals surface area contributed by atoms with E-state index in [0.717, 1.165) is 0 Å². The molecule has 0 heterocycles. The van der Waals surface area contributed by atoms with E-state index in [0.29, 0.717) is 19.3 Å². The van der Waals surface area contributed by atoms with Gasteiger partial charge >= 0.3 is 12.3 Å². The number of carbonyl (C=O) groups is 2. The zero-order chi connectivity index (χ0) is 16.3. The Morgan fingerprint density at radius 2 is 1.81 bits per heavy atom. The molecule has 0 aromatic heterocycles. The largest absolute Gasteiger partial charge is 0.444 e. The van der Waals surface area contributed by atoms with Gasteiger partial charge in [-0.3, -0.25) is 4.79 Å². The smallest absolute Gasteiger partial charge is 0.407 e. The Balaban J connectivity index is 2.35. The topological polar surface area (TPSA) is 67.4 Å². The lowest BCUT2D eigenvalue weighted by Gasteiger charge is -2.21. The second-order valence-corrected chi connectivity index (χ2v) is 6.19. The number of alkyl carbamates (subject to hydrolysis) is 1. The molecular weight excluding hydrogens is 289 g/mol. The quantitative estimate of drug-likeness (QED) is 0.841. The van der Waals surface area contributed by atoms with Crippen molar-refractivity contribution in [1.82, 2.24) is 10.6 Å². The van der Waals surface area contributed by atoms with Gasteiger partial charge in [-0.05, 0) is 40.0 Å². The Morgan fingerprint density at radius 1 is 1.19 bits per heavy atom. The maximum absolute atomic E-state index is 12.0. The van der Waals surface area contributed by atoms with Crippen molar-refractivity contribution in [3.8, 4) is 0 Å². The summed E-state index contributed by atoms with van der Waals surface area (Å²) < 4.78 is 41.2. The number of alkyl halides is 3. The van der Waals surface area contributed by atoms with Crippen molar-refractivity contribution in [3.05, 3.63) is 0 Å². The number of rotatable bonds is 3. The minimum absolute atomic E-state index is 0.249. The highest BCUT2D eigenvalue weighted by Crippen LogP contribution is 2.26. The molecule has 2 atom stereocenters. The van der Waals surface area contributed by atoms with E-state index in [1.54, 1.807) is 20.8 Å². The third-order valence-electron chi connectivity index (χ3n) is 2.99. The predicted molar refractivity (Wildman–Crippen MR) is 69.6 cm³/mol. The molecule has 2 unspecified atom stereocenters. The summed E-state index contributed by atoms with van der Waals surface area (Å²) in [6.45, 7) is 3.87. The van der Waals surface area contributed by atoms with Crippen molar-refractivity contribution in [2.24, 2.45) is 5.92 Å². The van der Waals surface area contributed by atoms with E-state index in [9.17, 15) is 22.8 Å². The molecule has 1 fully saturated rings. The monoisotopic (exact) mass is 310 g/mol. The van der Waals surface area contributed by atoms with Gasteiger partial charge in [0.1, 0.15) is 12.1 Å². The number of amides is 2. The summed E-state index contributed by atoms with van der Waals surface area (Å²) in [7, 11) is 0. The van der Waals surface area contributed by atoms with Crippen LogP contribution in [0.1, 0.15) is 40.0 Å². The zero-order valence-corrected chi connectivity index (χ0v) is 12.3. The number of hydrogen-bond donors (Lipinski definition) is 2. The van der Waals surface area contributed by atoms with Crippen LogP contribution >= 0.6 is 0 Å². The molecule has 2 N–H and O–H groups in total. The number of hydrogen-bond acceptors (Lipinski definition) is 3. The molecule has 5 nitrogen and oxygen atoms in total. The lowest BCUT2D eigenvalue weighted by atomic mass is 10.1. The molecule has 1 aliphatic carbocycles. The van der Waals surface area contributed by atoms with E-state index < -0.39 is 36.2 Å². The summed E-state index contributed by atoms with van der Waals surface area (Å²) in [5.41, 5.74) is -0.619. The number of nitrogens with one attached hydrogen (secondary N) is 2. The summed E-state index contributed by atoms with van der Waals surface area (Å²) in [4.78, 5) is 23.2. The lowest BCUT2D eigenvalue weighted by Crippen LogP contribution is -2.39. The van der Waals surface area contributed by atoms with Crippen LogP contribution in [0.15, 0.2) is 0 Å². The van der Waals surface area contributed by atoms with Gasteiger partial charge in [0, 0.05) is 12.0 Å². The third-order valence-corrected chi connectivity index (χ3v) is 2.99. The van der Waals surface area contributed by atoms with E-state index in [4.69, 9.17) is 4.74 Å². The Kier molecular flexibility index (Phi) is 5.47. The second kappa shape index (κ2) is 6.53. The number of ether oxygens (including phenoxy) is 1. The molecule has 1 aliphatic rings. The molecule has 1 rings (SSSR count). The molecule has 2 amide bonds. The molecule has 8 heteroatoms. The summed E-state index contributed by atoms with van der Waals surface area (Å²) in [5.74, 6) is -1.13. The minimum Gasteiger partial charge on any atom is -0.444 e. The molecule has 1 saturated carbocycles. The average molecular weight is 310 g/mol. The molecule has 0 aliphatic heterocycles. The fourth-order valence-electron chi connectivity index (χ4n) is 2.16. The summed E-state index contributed by atoms with van der Waals surface area (Å²) in [5, 5.41) is 4.50. The Bertz CT molecular complexity index is 391. The van der Waals surface area contributed by atoms with Crippen LogP contribution in [0.3, 0.4) is 0 Å². The molecule has 0 aromatic rings. The maximum atomic E-state index is 12.0. The van der Waals surface area contributed by atoms with Gasteiger partial charge in [0.15, 0.2) is 0 Å². The molecule has 0 spiro atoms. The summed E-state index contributed by atoms with van der Waals surface area (Å²) in [6.07, 6.45) is -3.68. The van der Waals surface area contributed by atoms with E-state index in [2.05, 4.69) is 5.32 Å². The van der Waals surface area contributed by atoms with Crippen molar-refractivity contribution in [3.63, 3.8) is 0 Å². The first-order valence-electron chi connectivity index (χ1n) is 6.80. The predicted octanol–water partition coefficient (Wildman–Crippen LogP) is 2.36. The normalized spacial score (nSPS) is 22.8. The van der Waals surface area contributed by atoms with Gasteiger partial charge in [-0.2, -0.15) is 13.2 Å². The lowest BCUT2D eigenvalue weighted by molar-refractivity contribution is -0.140. The van der Waals surface area contributed by atoms with Gasteiger partial charge in [-0.1, -0.05) is 0 Å². The van der Waals surface area contributed by atoms with E-state index in [1.807, 2.05) is 5.32 Å². The van der Waals surface area contributed by atoms with Crippen molar-refractivity contribution >= 4 is 12.0 Å². The first kappa shape index (κ1) is 17.6. The average Bonchev–Trinajstić information content (AvgIpc) is 2.70. The molecule has 0 saturated heterocycles. The zero-order valence-electron chi connectivity index (χ0n) is 12.3. The SMILES string of the molecule is CC(C)(C)OC(=O)NC1CCC(C(=O)NCC(F)(F)F)C1. The maximum Gasteiger partial charge on any atom is 0.407 e. The molecule has 0 bridgehead atoms. The van der Waals surface area contributed by atoms with Crippen LogP contribution in [-0.4, -0.2) is 36.4 Å². The van der Waals surface area contributed by atoms with Crippen LogP contribution in [0, 0.1) is 5.92 Å². The van der Waals surface area contributed by atoms with Crippen LogP contribution in [0.5, 0.6) is 0 Å². The highest BCUT2D eigenvalue weighted by atomic mass is 19.4. The van der Waals surface area contributed by atoms with E-state index >= 15 is 0 Å². The second-order valence-electron chi connectivity index (χ2n) is 6.19. The van der Waals surface area contributed by atoms with Gasteiger partial charge < -0.3 is 15.4 Å². The number of halogens is 3. The van der Waals surface area contributed by atoms with Gasteiger partial charge in [0.2, 0.25) is 5.91 Å². The Morgan fingerprint density at radius 3 is 2.33 bits per heavy atom. The van der Waals surface area contributed by atoms with Gasteiger partial charge in [0.25, 0.3) is 0 Å². The highest BCUT2D eigenvalue weighted by Gasteiger charge is 2.34. The van der Waals surface area contributed by atoms with Crippen LogP contribution < -0.4 is 10.6 Å². The first-order chi connectivity index (χ1) is 9.46. The van der Waals surface area contributed by atoms with Gasteiger partial charge in [-0.25, -0.2) is 4.79 Å². The van der Waals surface area contributed by atoms with E-state index in [1.165, 1.54) is 0 Å². The standard InChI is InChI=1S/C13H21F3N2O3/c1-12(2,3)21-11(20)18-9-5-4-8(6-9)10(19)17-7-13(14,15)16/h8-9H,4-7H2,1-3H3,(H,17,19)(H,18,20). The third kappa shape index (κ3) is 7.19. The highest BCUT2D eigenvalue weighted by molar-refractivity contribution is 5.79. The molecular formula is C13H21F3N2O3.